The second-order valence-corrected chi connectivity index (χ2v) is 7.13. The molecule has 3 amide bonds. The fourth-order valence-corrected chi connectivity index (χ4v) is 4.36. The maximum absolute atomic E-state index is 12.5. The van der Waals surface area contributed by atoms with Crippen LogP contribution in [0.25, 0.3) is 0 Å². The van der Waals surface area contributed by atoms with Crippen LogP contribution in [-0.2, 0) is 14.4 Å². The summed E-state index contributed by atoms with van der Waals surface area (Å²) in [4.78, 5) is 38.1. The van der Waals surface area contributed by atoms with Crippen molar-refractivity contribution in [2.75, 3.05) is 19.6 Å². The second-order valence-electron chi connectivity index (χ2n) is 7.13. The summed E-state index contributed by atoms with van der Waals surface area (Å²) in [5, 5.41) is 2.82. The van der Waals surface area contributed by atoms with Crippen LogP contribution in [0.1, 0.15) is 38.5 Å². The zero-order valence-electron chi connectivity index (χ0n) is 14.1. The molecule has 3 rings (SSSR count). The number of fused-ring (bicyclic) bond motifs is 5. The minimum Gasteiger partial charge on any atom is -0.354 e. The second kappa shape index (κ2) is 7.47. The molecule has 1 saturated carbocycles. The molecule has 132 valence electrons. The van der Waals surface area contributed by atoms with Crippen LogP contribution in [-0.4, -0.2) is 42.3 Å². The number of nitrogens with one attached hydrogen (secondary N) is 1. The van der Waals surface area contributed by atoms with Gasteiger partial charge in [-0.05, 0) is 37.6 Å². The molecule has 0 radical (unpaired) electrons. The first-order valence-electron chi connectivity index (χ1n) is 9.14. The smallest absolute Gasteiger partial charge is 0.233 e. The van der Waals surface area contributed by atoms with Crippen LogP contribution in [0.2, 0.25) is 0 Å². The molecule has 2 aliphatic carbocycles. The third kappa shape index (κ3) is 3.24. The summed E-state index contributed by atoms with van der Waals surface area (Å²) >= 11 is 0. The molecule has 2 bridgehead atoms. The van der Waals surface area contributed by atoms with Crippen LogP contribution < -0.4 is 11.1 Å². The lowest BCUT2D eigenvalue weighted by Crippen LogP contribution is -2.39. The molecule has 24 heavy (non-hydrogen) atoms. The zero-order chi connectivity index (χ0) is 17.1. The molecule has 0 aromatic carbocycles. The van der Waals surface area contributed by atoms with Gasteiger partial charge in [-0.2, -0.15) is 0 Å². The molecule has 0 aromatic rings. The summed E-state index contributed by atoms with van der Waals surface area (Å²) in [7, 11) is 0. The van der Waals surface area contributed by atoms with E-state index in [2.05, 4.69) is 17.5 Å². The van der Waals surface area contributed by atoms with Gasteiger partial charge >= 0.3 is 0 Å². The molecule has 3 aliphatic rings. The maximum atomic E-state index is 12.5. The normalized spacial score (nSPS) is 30.3. The molecular weight excluding hydrogens is 306 g/mol. The minimum absolute atomic E-state index is 0.0104. The highest BCUT2D eigenvalue weighted by Crippen LogP contribution is 2.52. The van der Waals surface area contributed by atoms with Crippen molar-refractivity contribution in [3.8, 4) is 0 Å². The first-order chi connectivity index (χ1) is 11.6. The number of carbonyl (C=O) groups is 3. The quantitative estimate of drug-likeness (QED) is 0.371. The van der Waals surface area contributed by atoms with Gasteiger partial charge in [-0.25, -0.2) is 0 Å². The lowest BCUT2D eigenvalue weighted by atomic mass is 9.85. The first kappa shape index (κ1) is 17.1. The molecule has 4 unspecified atom stereocenters. The minimum atomic E-state index is -0.147. The Morgan fingerprint density at radius 1 is 1.08 bits per heavy atom. The maximum Gasteiger partial charge on any atom is 0.233 e. The van der Waals surface area contributed by atoms with E-state index in [1.165, 1.54) is 4.90 Å². The third-order valence-electron chi connectivity index (χ3n) is 5.58. The van der Waals surface area contributed by atoms with Gasteiger partial charge in [-0.15, -0.1) is 0 Å². The Hall–Kier alpha value is -1.69. The number of carbonyl (C=O) groups excluding carboxylic acids is 3. The highest BCUT2D eigenvalue weighted by molar-refractivity contribution is 6.06. The average molecular weight is 333 g/mol. The van der Waals surface area contributed by atoms with E-state index in [1.54, 1.807) is 0 Å². The molecule has 6 nitrogen and oxygen atoms in total. The number of likely N-dealkylation sites (tertiary alicyclic amines) is 1. The topological polar surface area (TPSA) is 92.5 Å². The first-order valence-corrected chi connectivity index (χ1v) is 9.14. The Balaban J connectivity index is 1.38. The number of amides is 3. The summed E-state index contributed by atoms with van der Waals surface area (Å²) < 4.78 is 0. The standard InChI is InChI=1S/C18H27N3O3/c19-8-4-2-1-3-5-14(22)20-9-10-21-17(23)15-12-6-7-13(11-12)16(15)18(21)24/h6-7,12-13,15-16H,1-5,8-11,19H2,(H,20,22). The fourth-order valence-electron chi connectivity index (χ4n) is 4.36. The van der Waals surface area contributed by atoms with Crippen molar-refractivity contribution < 1.29 is 14.4 Å². The SMILES string of the molecule is NCCCCCCC(=O)NCCN1C(=O)C2C3C=CC(C3)C2C1=O. The van der Waals surface area contributed by atoms with E-state index >= 15 is 0 Å². The Kier molecular flexibility index (Phi) is 5.33. The lowest BCUT2D eigenvalue weighted by molar-refractivity contribution is -0.141. The van der Waals surface area contributed by atoms with Crippen LogP contribution >= 0.6 is 0 Å². The number of nitrogens with zero attached hydrogens (tertiary/aromatic N) is 1. The lowest BCUT2D eigenvalue weighted by Gasteiger charge is -2.17. The average Bonchev–Trinajstić information content (AvgIpc) is 3.24. The van der Waals surface area contributed by atoms with Crippen molar-refractivity contribution in [3.63, 3.8) is 0 Å². The summed E-state index contributed by atoms with van der Waals surface area (Å²) in [6.45, 7) is 1.34. The molecule has 4 atom stereocenters. The summed E-state index contributed by atoms with van der Waals surface area (Å²) in [6.07, 6.45) is 9.53. The highest BCUT2D eigenvalue weighted by atomic mass is 16.2. The van der Waals surface area contributed by atoms with E-state index in [1.807, 2.05) is 0 Å². The molecule has 0 aromatic heterocycles. The van der Waals surface area contributed by atoms with E-state index in [4.69, 9.17) is 5.73 Å². The molecule has 2 fully saturated rings. The zero-order valence-corrected chi connectivity index (χ0v) is 14.1. The number of rotatable bonds is 9. The molecular formula is C18H27N3O3. The number of allylic oxidation sites excluding steroid dienone is 2. The predicted octanol–water partition coefficient (Wildman–Crippen LogP) is 0.819. The van der Waals surface area contributed by atoms with Gasteiger partial charge in [0.2, 0.25) is 17.7 Å². The summed E-state index contributed by atoms with van der Waals surface area (Å²) in [5.41, 5.74) is 5.43. The Labute approximate surface area is 142 Å². The fraction of sp³-hybridized carbons (Fsp3) is 0.722. The number of unbranched alkanes of at least 4 members (excludes halogenated alkanes) is 3. The van der Waals surface area contributed by atoms with E-state index in [-0.39, 0.29) is 41.4 Å². The van der Waals surface area contributed by atoms with Crippen LogP contribution in [0.15, 0.2) is 12.2 Å². The summed E-state index contributed by atoms with van der Waals surface area (Å²) in [6, 6.07) is 0. The number of hydrogen-bond acceptors (Lipinski definition) is 4. The van der Waals surface area contributed by atoms with Gasteiger partial charge in [0, 0.05) is 19.5 Å². The Morgan fingerprint density at radius 3 is 2.33 bits per heavy atom. The monoisotopic (exact) mass is 333 g/mol. The van der Waals surface area contributed by atoms with Crippen molar-refractivity contribution in [3.05, 3.63) is 12.2 Å². The van der Waals surface area contributed by atoms with Gasteiger partial charge in [-0.3, -0.25) is 19.3 Å². The van der Waals surface area contributed by atoms with Crippen molar-refractivity contribution in [1.82, 2.24) is 10.2 Å². The van der Waals surface area contributed by atoms with E-state index in [9.17, 15) is 14.4 Å². The third-order valence-corrected chi connectivity index (χ3v) is 5.58. The Bertz CT molecular complexity index is 516. The highest BCUT2D eigenvalue weighted by Gasteiger charge is 2.58. The number of nitrogens with two attached hydrogens (primary N) is 1. The van der Waals surface area contributed by atoms with Crippen LogP contribution in [0.3, 0.4) is 0 Å². The number of hydrogen-bond donors (Lipinski definition) is 2. The van der Waals surface area contributed by atoms with Crippen LogP contribution in [0.4, 0.5) is 0 Å². The molecule has 3 N–H and O–H groups in total. The Morgan fingerprint density at radius 2 is 1.71 bits per heavy atom. The van der Waals surface area contributed by atoms with Crippen LogP contribution in [0.5, 0.6) is 0 Å². The number of imide groups is 1. The molecule has 6 heteroatoms. The van der Waals surface area contributed by atoms with Crippen molar-refractivity contribution in [1.29, 1.82) is 0 Å². The van der Waals surface area contributed by atoms with Gasteiger partial charge in [0.05, 0.1) is 11.8 Å². The van der Waals surface area contributed by atoms with Gasteiger partial charge < -0.3 is 11.1 Å². The van der Waals surface area contributed by atoms with E-state index < -0.39 is 0 Å². The van der Waals surface area contributed by atoms with Gasteiger partial charge in [0.25, 0.3) is 0 Å². The molecule has 0 spiro atoms. The van der Waals surface area contributed by atoms with Crippen LogP contribution in [0, 0.1) is 23.7 Å². The molecule has 1 saturated heterocycles. The van der Waals surface area contributed by atoms with Gasteiger partial charge in [0.1, 0.15) is 0 Å². The van der Waals surface area contributed by atoms with E-state index in [0.29, 0.717) is 26.1 Å². The van der Waals surface area contributed by atoms with Gasteiger partial charge in [0.15, 0.2) is 0 Å². The predicted molar refractivity (Wildman–Crippen MR) is 89.6 cm³/mol. The van der Waals surface area contributed by atoms with Gasteiger partial charge in [-0.1, -0.05) is 25.0 Å². The largest absolute Gasteiger partial charge is 0.354 e. The van der Waals surface area contributed by atoms with Crippen molar-refractivity contribution >= 4 is 17.7 Å². The summed E-state index contributed by atoms with van der Waals surface area (Å²) in [5.74, 6) is 0.0881. The van der Waals surface area contributed by atoms with E-state index in [0.717, 1.165) is 32.1 Å². The molecule has 1 aliphatic heterocycles. The molecule has 1 heterocycles. The van der Waals surface area contributed by atoms with Crippen molar-refractivity contribution in [2.45, 2.75) is 38.5 Å². The van der Waals surface area contributed by atoms with Crippen molar-refractivity contribution in [2.24, 2.45) is 29.4 Å².